The lowest BCUT2D eigenvalue weighted by Gasteiger charge is -2.20. The van der Waals surface area contributed by atoms with E-state index in [1.165, 1.54) is 52.3 Å². The van der Waals surface area contributed by atoms with Crippen LogP contribution in [-0.2, 0) is 4.79 Å². The Labute approximate surface area is 164 Å². The zero-order valence-electron chi connectivity index (χ0n) is 15.0. The molecule has 142 valence electrons. The van der Waals surface area contributed by atoms with Gasteiger partial charge in [0.05, 0.1) is 43.2 Å². The summed E-state index contributed by atoms with van der Waals surface area (Å²) in [6.45, 7) is 1.28. The van der Waals surface area contributed by atoms with Crippen LogP contribution >= 0.6 is 23.1 Å². The maximum Gasteiger partial charge on any atom is 0.239 e. The van der Waals surface area contributed by atoms with Crippen LogP contribution < -0.4 is 9.80 Å². The van der Waals surface area contributed by atoms with Gasteiger partial charge in [-0.15, -0.1) is 11.8 Å². The number of carbonyl (C=O) groups is 1. The second-order valence-corrected chi connectivity index (χ2v) is 8.41. The normalized spacial score (nSPS) is 11.3. The standard InChI is InChI=1S/C19H19F2N3OS2/c1-23(2)9-10-24(18(25)12-26-15-6-3-13(20)4-7-15)19-22-16-8-5-14(21)11-17(16)27-19/h3-8,11H,9-10,12H2,1-2H3/p+1. The highest BCUT2D eigenvalue weighted by molar-refractivity contribution is 8.00. The van der Waals surface area contributed by atoms with E-state index < -0.39 is 0 Å². The molecule has 27 heavy (non-hydrogen) atoms. The largest absolute Gasteiger partial charge is 0.338 e. The highest BCUT2D eigenvalue weighted by Gasteiger charge is 2.21. The van der Waals surface area contributed by atoms with E-state index in [-0.39, 0.29) is 23.3 Å². The van der Waals surface area contributed by atoms with E-state index in [0.29, 0.717) is 21.9 Å². The van der Waals surface area contributed by atoms with Gasteiger partial charge in [-0.3, -0.25) is 9.69 Å². The van der Waals surface area contributed by atoms with Crippen molar-refractivity contribution in [2.24, 2.45) is 0 Å². The van der Waals surface area contributed by atoms with Crippen molar-refractivity contribution >= 4 is 44.4 Å². The number of fused-ring (bicyclic) bond motifs is 1. The minimum Gasteiger partial charge on any atom is -0.338 e. The molecule has 0 atom stereocenters. The van der Waals surface area contributed by atoms with Crippen LogP contribution in [-0.4, -0.2) is 43.8 Å². The van der Waals surface area contributed by atoms with Crippen molar-refractivity contribution < 1.29 is 18.5 Å². The summed E-state index contributed by atoms with van der Waals surface area (Å²) in [7, 11) is 4.04. The smallest absolute Gasteiger partial charge is 0.239 e. The van der Waals surface area contributed by atoms with Crippen molar-refractivity contribution in [3.8, 4) is 0 Å². The maximum absolute atomic E-state index is 13.5. The van der Waals surface area contributed by atoms with Gasteiger partial charge in [0.25, 0.3) is 0 Å². The predicted octanol–water partition coefficient (Wildman–Crippen LogP) is 2.84. The SMILES string of the molecule is C[NH+](C)CCN(C(=O)CSc1ccc(F)cc1)c1nc2ccc(F)cc2s1. The Morgan fingerprint density at radius 1 is 1.15 bits per heavy atom. The lowest BCUT2D eigenvalue weighted by molar-refractivity contribution is -0.856. The molecule has 0 saturated carbocycles. The number of benzene rings is 2. The molecule has 8 heteroatoms. The molecule has 3 rings (SSSR count). The second-order valence-electron chi connectivity index (χ2n) is 6.35. The molecule has 4 nitrogen and oxygen atoms in total. The van der Waals surface area contributed by atoms with Gasteiger partial charge in [0, 0.05) is 4.90 Å². The zero-order valence-corrected chi connectivity index (χ0v) is 16.7. The van der Waals surface area contributed by atoms with Gasteiger partial charge in [-0.1, -0.05) is 11.3 Å². The number of carbonyl (C=O) groups excluding carboxylic acids is 1. The molecule has 2 aromatic carbocycles. The number of halogens is 2. The molecular weight excluding hydrogens is 388 g/mol. The van der Waals surface area contributed by atoms with Crippen molar-refractivity contribution in [3.63, 3.8) is 0 Å². The third-order valence-electron chi connectivity index (χ3n) is 3.88. The van der Waals surface area contributed by atoms with Gasteiger partial charge < -0.3 is 4.90 Å². The van der Waals surface area contributed by atoms with Gasteiger partial charge in [-0.25, -0.2) is 13.8 Å². The molecule has 0 radical (unpaired) electrons. The van der Waals surface area contributed by atoms with Crippen molar-refractivity contribution in [2.45, 2.75) is 4.90 Å². The fraction of sp³-hybridized carbons (Fsp3) is 0.263. The monoisotopic (exact) mass is 408 g/mol. The van der Waals surface area contributed by atoms with Gasteiger partial charge in [0.2, 0.25) is 5.91 Å². The summed E-state index contributed by atoms with van der Waals surface area (Å²) in [6.07, 6.45) is 0. The average molecular weight is 409 g/mol. The Morgan fingerprint density at radius 2 is 1.85 bits per heavy atom. The summed E-state index contributed by atoms with van der Waals surface area (Å²) in [4.78, 5) is 21.1. The van der Waals surface area contributed by atoms with Crippen LogP contribution in [0.4, 0.5) is 13.9 Å². The van der Waals surface area contributed by atoms with E-state index in [0.717, 1.165) is 11.4 Å². The average Bonchev–Trinajstić information content (AvgIpc) is 3.03. The Morgan fingerprint density at radius 3 is 2.56 bits per heavy atom. The Balaban J connectivity index is 1.78. The van der Waals surface area contributed by atoms with Crippen LogP contribution in [0, 0.1) is 11.6 Å². The van der Waals surface area contributed by atoms with E-state index in [2.05, 4.69) is 4.98 Å². The minimum atomic E-state index is -0.319. The lowest BCUT2D eigenvalue weighted by atomic mass is 10.3. The van der Waals surface area contributed by atoms with E-state index in [9.17, 15) is 13.6 Å². The topological polar surface area (TPSA) is 37.6 Å². The summed E-state index contributed by atoms with van der Waals surface area (Å²) in [5.74, 6) is -0.480. The van der Waals surface area contributed by atoms with Crippen LogP contribution in [0.5, 0.6) is 0 Å². The summed E-state index contributed by atoms with van der Waals surface area (Å²) in [6, 6.07) is 10.5. The van der Waals surface area contributed by atoms with Gasteiger partial charge in [-0.2, -0.15) is 0 Å². The molecule has 1 heterocycles. The first kappa shape index (κ1) is 19.7. The highest BCUT2D eigenvalue weighted by Crippen LogP contribution is 2.30. The number of aromatic nitrogens is 1. The fourth-order valence-corrected chi connectivity index (χ4v) is 4.23. The number of hydrogen-bond acceptors (Lipinski definition) is 4. The molecule has 0 aliphatic heterocycles. The number of thioether (sulfide) groups is 1. The van der Waals surface area contributed by atoms with Crippen LogP contribution in [0.2, 0.25) is 0 Å². The Bertz CT molecular complexity index is 928. The van der Waals surface area contributed by atoms with Crippen LogP contribution in [0.3, 0.4) is 0 Å². The maximum atomic E-state index is 13.5. The van der Waals surface area contributed by atoms with E-state index in [1.807, 2.05) is 14.1 Å². The number of nitrogens with one attached hydrogen (secondary N) is 1. The van der Waals surface area contributed by atoms with Crippen LogP contribution in [0.1, 0.15) is 0 Å². The number of rotatable bonds is 7. The molecule has 0 fully saturated rings. The third kappa shape index (κ3) is 5.24. The fourth-order valence-electron chi connectivity index (χ4n) is 2.42. The van der Waals surface area contributed by atoms with Gasteiger partial charge >= 0.3 is 0 Å². The molecule has 3 aromatic rings. The minimum absolute atomic E-state index is 0.0786. The van der Waals surface area contributed by atoms with Gasteiger partial charge in [0.1, 0.15) is 11.6 Å². The van der Waals surface area contributed by atoms with Crippen LogP contribution in [0.25, 0.3) is 10.2 Å². The van der Waals surface area contributed by atoms with Crippen molar-refractivity contribution in [3.05, 3.63) is 54.1 Å². The molecular formula is C19H20F2N3OS2+. The summed E-state index contributed by atoms with van der Waals surface area (Å²) < 4.78 is 27.2. The number of quaternary nitrogens is 1. The van der Waals surface area contributed by atoms with Crippen molar-refractivity contribution in [1.82, 2.24) is 4.98 Å². The number of thiazole rings is 1. The Kier molecular flexibility index (Phi) is 6.41. The van der Waals surface area contributed by atoms with Crippen molar-refractivity contribution in [2.75, 3.05) is 37.8 Å². The second kappa shape index (κ2) is 8.77. The molecule has 0 spiro atoms. The third-order valence-corrected chi connectivity index (χ3v) is 5.92. The van der Waals surface area contributed by atoms with Gasteiger partial charge in [-0.05, 0) is 42.5 Å². The van der Waals surface area contributed by atoms with Crippen molar-refractivity contribution in [1.29, 1.82) is 0 Å². The first-order valence-corrected chi connectivity index (χ1v) is 10.3. The number of nitrogens with zero attached hydrogens (tertiary/aromatic N) is 2. The van der Waals surface area contributed by atoms with E-state index >= 15 is 0 Å². The first-order chi connectivity index (χ1) is 12.9. The predicted molar refractivity (Wildman–Crippen MR) is 107 cm³/mol. The number of amides is 1. The van der Waals surface area contributed by atoms with E-state index in [1.54, 1.807) is 23.1 Å². The zero-order chi connectivity index (χ0) is 19.4. The molecule has 0 aliphatic carbocycles. The lowest BCUT2D eigenvalue weighted by Crippen LogP contribution is -3.06. The first-order valence-electron chi connectivity index (χ1n) is 8.46. The summed E-state index contributed by atoms with van der Waals surface area (Å²) in [5.41, 5.74) is 0.678. The molecule has 1 amide bonds. The van der Waals surface area contributed by atoms with E-state index in [4.69, 9.17) is 0 Å². The molecule has 1 N–H and O–H groups in total. The molecule has 0 saturated heterocycles. The summed E-state index contributed by atoms with van der Waals surface area (Å²) in [5, 5.41) is 0.571. The quantitative estimate of drug-likeness (QED) is 0.611. The molecule has 0 bridgehead atoms. The molecule has 1 aromatic heterocycles. The number of hydrogen-bond donors (Lipinski definition) is 1. The number of likely N-dealkylation sites (N-methyl/N-ethyl adjacent to an activating group) is 1. The summed E-state index contributed by atoms with van der Waals surface area (Å²) >= 11 is 2.67. The molecule has 0 unspecified atom stereocenters. The number of anilines is 1. The van der Waals surface area contributed by atoms with Crippen LogP contribution in [0.15, 0.2) is 47.4 Å². The Hall–Kier alpha value is -2.03. The molecule has 0 aliphatic rings. The van der Waals surface area contributed by atoms with Gasteiger partial charge in [0.15, 0.2) is 5.13 Å². The highest BCUT2D eigenvalue weighted by atomic mass is 32.2.